The SMILES string of the molecule is O=C1C2=Cc3ccccc3OC2=N[C@H](c2ccccc2)N1c1ccc(Cl)c(Cl)c1. The van der Waals surface area contributed by atoms with Crippen molar-refractivity contribution in [1.29, 1.82) is 0 Å². The van der Waals surface area contributed by atoms with Gasteiger partial charge in [-0.05, 0) is 35.9 Å². The molecule has 29 heavy (non-hydrogen) atoms. The second-order valence-corrected chi connectivity index (χ2v) is 7.50. The third-order valence-electron chi connectivity index (χ3n) is 4.87. The predicted octanol–water partition coefficient (Wildman–Crippen LogP) is 5.91. The Morgan fingerprint density at radius 2 is 1.66 bits per heavy atom. The molecule has 0 aliphatic carbocycles. The fourth-order valence-corrected chi connectivity index (χ4v) is 3.76. The number of hydrogen-bond donors (Lipinski definition) is 0. The number of ether oxygens (including phenoxy) is 1. The van der Waals surface area contributed by atoms with E-state index in [1.807, 2.05) is 60.7 Å². The van der Waals surface area contributed by atoms with Crippen molar-refractivity contribution in [2.45, 2.75) is 6.17 Å². The molecule has 6 heteroatoms. The summed E-state index contributed by atoms with van der Waals surface area (Å²) >= 11 is 12.3. The van der Waals surface area contributed by atoms with E-state index >= 15 is 0 Å². The lowest BCUT2D eigenvalue weighted by atomic mass is 10.0. The Labute approximate surface area is 177 Å². The molecule has 3 aromatic rings. The zero-order valence-corrected chi connectivity index (χ0v) is 16.6. The minimum absolute atomic E-state index is 0.211. The molecule has 1 amide bonds. The first-order valence-electron chi connectivity index (χ1n) is 9.02. The summed E-state index contributed by atoms with van der Waals surface area (Å²) in [5.74, 6) is 0.785. The van der Waals surface area contributed by atoms with Crippen LogP contribution >= 0.6 is 23.2 Å². The Kier molecular flexibility index (Phi) is 4.38. The number of carbonyl (C=O) groups excluding carboxylic acids is 1. The summed E-state index contributed by atoms with van der Waals surface area (Å²) in [6.07, 6.45) is 1.23. The maximum atomic E-state index is 13.6. The largest absolute Gasteiger partial charge is 0.438 e. The highest BCUT2D eigenvalue weighted by atomic mass is 35.5. The molecule has 0 unspecified atom stereocenters. The molecule has 5 rings (SSSR count). The number of halogens is 2. The summed E-state index contributed by atoms with van der Waals surface area (Å²) in [7, 11) is 0. The smallest absolute Gasteiger partial charge is 0.265 e. The topological polar surface area (TPSA) is 41.9 Å². The molecule has 0 N–H and O–H groups in total. The van der Waals surface area contributed by atoms with Gasteiger partial charge in [-0.3, -0.25) is 9.69 Å². The average molecular weight is 421 g/mol. The van der Waals surface area contributed by atoms with Crippen molar-refractivity contribution in [3.05, 3.63) is 99.5 Å². The van der Waals surface area contributed by atoms with E-state index in [2.05, 4.69) is 0 Å². The van der Waals surface area contributed by atoms with Gasteiger partial charge in [0.25, 0.3) is 5.91 Å². The highest BCUT2D eigenvalue weighted by Crippen LogP contribution is 2.39. The first-order valence-corrected chi connectivity index (χ1v) is 9.78. The normalized spacial score (nSPS) is 17.7. The molecule has 0 spiro atoms. The lowest BCUT2D eigenvalue weighted by Crippen LogP contribution is -2.43. The van der Waals surface area contributed by atoms with E-state index < -0.39 is 6.17 Å². The molecule has 2 heterocycles. The van der Waals surface area contributed by atoms with Crippen LogP contribution in [0, 0.1) is 0 Å². The Morgan fingerprint density at radius 1 is 0.897 bits per heavy atom. The van der Waals surface area contributed by atoms with Crippen molar-refractivity contribution >= 4 is 46.8 Å². The molecule has 2 aliphatic rings. The first kappa shape index (κ1) is 18.0. The first-order chi connectivity index (χ1) is 14.1. The zero-order chi connectivity index (χ0) is 20.0. The van der Waals surface area contributed by atoms with Crippen LogP contribution in [0.1, 0.15) is 17.3 Å². The average Bonchev–Trinajstić information content (AvgIpc) is 2.75. The summed E-state index contributed by atoms with van der Waals surface area (Å²) in [4.78, 5) is 20.0. The van der Waals surface area contributed by atoms with Crippen molar-refractivity contribution in [2.75, 3.05) is 4.90 Å². The molecule has 0 saturated carbocycles. The number of rotatable bonds is 2. The molecule has 0 radical (unpaired) electrons. The van der Waals surface area contributed by atoms with Gasteiger partial charge in [-0.25, -0.2) is 4.99 Å². The number of carbonyl (C=O) groups is 1. The Bertz CT molecular complexity index is 1190. The van der Waals surface area contributed by atoms with E-state index in [-0.39, 0.29) is 5.91 Å². The summed E-state index contributed by atoms with van der Waals surface area (Å²) in [6, 6.07) is 22.3. The lowest BCUT2D eigenvalue weighted by Gasteiger charge is -2.35. The van der Waals surface area contributed by atoms with E-state index in [9.17, 15) is 4.79 Å². The van der Waals surface area contributed by atoms with Gasteiger partial charge in [-0.15, -0.1) is 0 Å². The van der Waals surface area contributed by atoms with Crippen molar-refractivity contribution < 1.29 is 9.53 Å². The molecule has 1 atom stereocenters. The quantitative estimate of drug-likeness (QED) is 0.516. The summed E-state index contributed by atoms with van der Waals surface area (Å²) in [5.41, 5.74) is 2.71. The van der Waals surface area contributed by atoms with E-state index in [0.717, 1.165) is 11.1 Å². The molecular formula is C23H14Cl2N2O2. The van der Waals surface area contributed by atoms with Crippen LogP contribution in [-0.2, 0) is 4.79 Å². The number of nitrogens with zero attached hydrogens (tertiary/aromatic N) is 2. The fourth-order valence-electron chi connectivity index (χ4n) is 3.47. The third kappa shape index (κ3) is 3.11. The van der Waals surface area contributed by atoms with Crippen molar-refractivity contribution in [3.63, 3.8) is 0 Å². The van der Waals surface area contributed by atoms with Gasteiger partial charge in [0.15, 0.2) is 6.17 Å². The van der Waals surface area contributed by atoms with Crippen LogP contribution in [0.3, 0.4) is 0 Å². The van der Waals surface area contributed by atoms with Crippen LogP contribution in [0.2, 0.25) is 10.0 Å². The van der Waals surface area contributed by atoms with Gasteiger partial charge >= 0.3 is 0 Å². The van der Waals surface area contributed by atoms with Gasteiger partial charge in [-0.1, -0.05) is 71.7 Å². The molecule has 2 aliphatic heterocycles. The highest BCUT2D eigenvalue weighted by Gasteiger charge is 2.38. The van der Waals surface area contributed by atoms with Crippen molar-refractivity contribution in [3.8, 4) is 5.75 Å². The Hall–Kier alpha value is -3.08. The molecule has 142 valence electrons. The number of anilines is 1. The van der Waals surface area contributed by atoms with E-state index in [4.69, 9.17) is 32.9 Å². The number of benzene rings is 3. The van der Waals surface area contributed by atoms with Gasteiger partial charge < -0.3 is 4.74 Å². The monoisotopic (exact) mass is 420 g/mol. The van der Waals surface area contributed by atoms with Gasteiger partial charge in [0, 0.05) is 11.3 Å². The summed E-state index contributed by atoms with van der Waals surface area (Å²) in [6.45, 7) is 0. The molecule has 0 bridgehead atoms. The third-order valence-corrected chi connectivity index (χ3v) is 5.61. The van der Waals surface area contributed by atoms with Crippen molar-refractivity contribution in [1.82, 2.24) is 0 Å². The summed E-state index contributed by atoms with van der Waals surface area (Å²) < 4.78 is 5.97. The van der Waals surface area contributed by atoms with Gasteiger partial charge in [0.1, 0.15) is 11.3 Å². The standard InChI is InChI=1S/C23H14Cl2N2O2/c24-18-11-10-16(13-19(18)25)27-21(14-6-2-1-3-7-14)26-22-17(23(27)28)12-15-8-4-5-9-20(15)29-22/h1-13,21H/t21-/m0/s1. The van der Waals surface area contributed by atoms with E-state index in [0.29, 0.717) is 33.0 Å². The Balaban J connectivity index is 1.69. The minimum Gasteiger partial charge on any atom is -0.438 e. The zero-order valence-electron chi connectivity index (χ0n) is 15.0. The van der Waals surface area contributed by atoms with Crippen LogP contribution in [-0.4, -0.2) is 11.8 Å². The van der Waals surface area contributed by atoms with E-state index in [1.54, 1.807) is 23.1 Å². The number of amides is 1. The fraction of sp³-hybridized carbons (Fsp3) is 0.0435. The lowest BCUT2D eigenvalue weighted by molar-refractivity contribution is -0.115. The van der Waals surface area contributed by atoms with Crippen molar-refractivity contribution in [2.24, 2.45) is 4.99 Å². The molecule has 4 nitrogen and oxygen atoms in total. The van der Waals surface area contributed by atoms with E-state index in [1.165, 1.54) is 0 Å². The molecule has 0 fully saturated rings. The highest BCUT2D eigenvalue weighted by molar-refractivity contribution is 6.42. The van der Waals surface area contributed by atoms with Crippen LogP contribution in [0.4, 0.5) is 5.69 Å². The number of fused-ring (bicyclic) bond motifs is 2. The maximum Gasteiger partial charge on any atom is 0.265 e. The second kappa shape index (κ2) is 7.07. The molecule has 3 aromatic carbocycles. The van der Waals surface area contributed by atoms with Crippen LogP contribution in [0.25, 0.3) is 6.08 Å². The van der Waals surface area contributed by atoms with Crippen LogP contribution in [0.15, 0.2) is 83.4 Å². The van der Waals surface area contributed by atoms with Gasteiger partial charge in [0.05, 0.1) is 10.0 Å². The number of aliphatic imine (C=N–C) groups is 1. The van der Waals surface area contributed by atoms with Gasteiger partial charge in [-0.2, -0.15) is 0 Å². The van der Waals surface area contributed by atoms with Crippen LogP contribution < -0.4 is 9.64 Å². The maximum absolute atomic E-state index is 13.6. The second-order valence-electron chi connectivity index (χ2n) is 6.69. The molecule has 0 saturated heterocycles. The molecular weight excluding hydrogens is 407 g/mol. The van der Waals surface area contributed by atoms with Gasteiger partial charge in [0.2, 0.25) is 5.90 Å². The summed E-state index contributed by atoms with van der Waals surface area (Å²) in [5, 5.41) is 0.798. The minimum atomic E-state index is -0.585. The number of hydrogen-bond acceptors (Lipinski definition) is 3. The molecule has 0 aromatic heterocycles. The Morgan fingerprint density at radius 3 is 2.45 bits per heavy atom. The predicted molar refractivity (Wildman–Crippen MR) is 116 cm³/mol. The van der Waals surface area contributed by atoms with Crippen LogP contribution in [0.5, 0.6) is 5.75 Å². The number of para-hydroxylation sites is 1.